The molecule has 9 heteroatoms. The van der Waals surface area contributed by atoms with E-state index in [0.717, 1.165) is 11.3 Å². The maximum absolute atomic E-state index is 12.6. The highest BCUT2D eigenvalue weighted by molar-refractivity contribution is 7.92. The van der Waals surface area contributed by atoms with E-state index in [2.05, 4.69) is 0 Å². The third-order valence-electron chi connectivity index (χ3n) is 4.04. The van der Waals surface area contributed by atoms with Crippen LogP contribution in [-0.4, -0.2) is 40.0 Å². The highest BCUT2D eigenvalue weighted by atomic mass is 35.5. The molecule has 1 atom stereocenters. The molecule has 0 aliphatic carbocycles. The molecule has 1 aromatic heterocycles. The number of benzene rings is 1. The zero-order valence-electron chi connectivity index (χ0n) is 12.6. The summed E-state index contributed by atoms with van der Waals surface area (Å²) in [5.74, 6) is -0.215. The Labute approximate surface area is 150 Å². The van der Waals surface area contributed by atoms with Crippen molar-refractivity contribution in [3.05, 3.63) is 52.4 Å². The van der Waals surface area contributed by atoms with Crippen molar-refractivity contribution < 1.29 is 16.8 Å². The molecule has 0 saturated carbocycles. The van der Waals surface area contributed by atoms with Crippen molar-refractivity contribution >= 4 is 42.8 Å². The lowest BCUT2D eigenvalue weighted by Gasteiger charge is -2.18. The zero-order chi connectivity index (χ0) is 17.4. The van der Waals surface area contributed by atoms with E-state index < -0.39 is 25.1 Å². The average molecular weight is 406 g/mol. The van der Waals surface area contributed by atoms with Gasteiger partial charge in [0.05, 0.1) is 11.0 Å². The Balaban J connectivity index is 1.92. The quantitative estimate of drug-likeness (QED) is 0.787. The van der Waals surface area contributed by atoms with Crippen LogP contribution in [0.3, 0.4) is 0 Å². The first-order valence-electron chi connectivity index (χ1n) is 7.32. The molecular weight excluding hydrogens is 390 g/mol. The predicted octanol–water partition coefficient (Wildman–Crippen LogP) is 2.95. The second-order valence-electron chi connectivity index (χ2n) is 5.50. The summed E-state index contributed by atoms with van der Waals surface area (Å²) in [6.45, 7) is 0.110. The molecule has 130 valence electrons. The van der Waals surface area contributed by atoms with Gasteiger partial charge in [-0.2, -0.15) is 4.31 Å². The maximum atomic E-state index is 12.6. The van der Waals surface area contributed by atoms with Gasteiger partial charge in [-0.25, -0.2) is 16.8 Å². The molecular formula is C15H16ClNO4S3. The molecule has 5 nitrogen and oxygen atoms in total. The highest BCUT2D eigenvalue weighted by Crippen LogP contribution is 2.35. The Morgan fingerprint density at radius 3 is 2.54 bits per heavy atom. The SMILES string of the molecule is O=S1(=O)CCN(S(=O)(=O)c2cccs2)CCC1c1ccccc1Cl. The Morgan fingerprint density at radius 2 is 1.88 bits per heavy atom. The summed E-state index contributed by atoms with van der Waals surface area (Å²) in [6, 6.07) is 10.0. The maximum Gasteiger partial charge on any atom is 0.252 e. The standard InChI is InChI=1S/C15H16ClNO4S3/c16-13-5-2-1-4-12(13)14-7-8-17(9-11-23(14,18)19)24(20,21)15-6-3-10-22-15/h1-6,10,14H,7-9,11H2. The first-order valence-corrected chi connectivity index (χ1v) is 11.7. The molecule has 0 radical (unpaired) electrons. The normalized spacial score (nSPS) is 22.1. The van der Waals surface area contributed by atoms with E-state index in [1.807, 2.05) is 0 Å². The fourth-order valence-electron chi connectivity index (χ4n) is 2.79. The smallest absolute Gasteiger partial charge is 0.228 e. The van der Waals surface area contributed by atoms with E-state index in [4.69, 9.17) is 11.6 Å². The number of hydrogen-bond acceptors (Lipinski definition) is 5. The molecule has 2 heterocycles. The minimum absolute atomic E-state index is 0.0382. The molecule has 1 aromatic carbocycles. The van der Waals surface area contributed by atoms with Crippen LogP contribution < -0.4 is 0 Å². The van der Waals surface area contributed by atoms with Crippen LogP contribution in [0.15, 0.2) is 46.0 Å². The summed E-state index contributed by atoms with van der Waals surface area (Å²) >= 11 is 7.28. The van der Waals surface area contributed by atoms with Gasteiger partial charge in [0, 0.05) is 18.1 Å². The number of sulfone groups is 1. The molecule has 3 rings (SSSR count). The summed E-state index contributed by atoms with van der Waals surface area (Å²) in [5, 5.41) is 1.30. The first kappa shape index (κ1) is 17.9. The lowest BCUT2D eigenvalue weighted by atomic mass is 10.1. The van der Waals surface area contributed by atoms with Crippen LogP contribution in [0.5, 0.6) is 0 Å². The minimum Gasteiger partial charge on any atom is -0.228 e. The molecule has 24 heavy (non-hydrogen) atoms. The van der Waals surface area contributed by atoms with Gasteiger partial charge < -0.3 is 0 Å². The molecule has 0 N–H and O–H groups in total. The molecule has 1 fully saturated rings. The Hall–Kier alpha value is -0.930. The van der Waals surface area contributed by atoms with Crippen molar-refractivity contribution in [2.24, 2.45) is 0 Å². The van der Waals surface area contributed by atoms with Crippen molar-refractivity contribution in [2.45, 2.75) is 15.9 Å². The van der Waals surface area contributed by atoms with Crippen LogP contribution >= 0.6 is 22.9 Å². The van der Waals surface area contributed by atoms with Gasteiger partial charge in [-0.15, -0.1) is 11.3 Å². The molecule has 1 aliphatic heterocycles. The van der Waals surface area contributed by atoms with Gasteiger partial charge in [0.25, 0.3) is 10.0 Å². The monoisotopic (exact) mass is 405 g/mol. The molecule has 1 unspecified atom stereocenters. The second kappa shape index (κ2) is 6.76. The van der Waals surface area contributed by atoms with E-state index in [1.165, 1.54) is 10.4 Å². The lowest BCUT2D eigenvalue weighted by molar-refractivity contribution is 0.429. The number of rotatable bonds is 3. The number of nitrogens with zero attached hydrogens (tertiary/aromatic N) is 1. The first-order chi connectivity index (χ1) is 11.3. The van der Waals surface area contributed by atoms with Gasteiger partial charge in [0.1, 0.15) is 4.21 Å². The van der Waals surface area contributed by atoms with Crippen LogP contribution in [0.4, 0.5) is 0 Å². The van der Waals surface area contributed by atoms with Gasteiger partial charge in [0.15, 0.2) is 9.84 Å². The van der Waals surface area contributed by atoms with Crippen LogP contribution in [0, 0.1) is 0 Å². The van der Waals surface area contributed by atoms with Crippen LogP contribution in [0.25, 0.3) is 0 Å². The zero-order valence-corrected chi connectivity index (χ0v) is 15.8. The largest absolute Gasteiger partial charge is 0.252 e. The molecule has 0 spiro atoms. The number of halogens is 1. The molecule has 2 aromatic rings. The summed E-state index contributed by atoms with van der Waals surface area (Å²) in [6.07, 6.45) is 0.191. The number of thiophene rings is 1. The summed E-state index contributed by atoms with van der Waals surface area (Å²) in [5.41, 5.74) is 0.537. The van der Waals surface area contributed by atoms with E-state index in [-0.39, 0.29) is 29.5 Å². The van der Waals surface area contributed by atoms with Gasteiger partial charge >= 0.3 is 0 Å². The van der Waals surface area contributed by atoms with E-state index in [0.29, 0.717) is 10.6 Å². The summed E-state index contributed by atoms with van der Waals surface area (Å²) in [7, 11) is -7.14. The topological polar surface area (TPSA) is 71.5 Å². The average Bonchev–Trinajstić information content (AvgIpc) is 3.01. The van der Waals surface area contributed by atoms with Crippen LogP contribution in [0.1, 0.15) is 17.2 Å². The fraction of sp³-hybridized carbons (Fsp3) is 0.333. The highest BCUT2D eigenvalue weighted by Gasteiger charge is 2.36. The van der Waals surface area contributed by atoms with Crippen LogP contribution in [0.2, 0.25) is 5.02 Å². The third-order valence-corrected chi connectivity index (χ3v) is 9.76. The van der Waals surface area contributed by atoms with Crippen molar-refractivity contribution in [1.29, 1.82) is 0 Å². The van der Waals surface area contributed by atoms with Crippen molar-refractivity contribution in [3.63, 3.8) is 0 Å². The van der Waals surface area contributed by atoms with Crippen LogP contribution in [-0.2, 0) is 19.9 Å². The molecule has 1 saturated heterocycles. The van der Waals surface area contributed by atoms with E-state index in [1.54, 1.807) is 35.7 Å². The van der Waals surface area contributed by atoms with Crippen molar-refractivity contribution in [1.82, 2.24) is 4.31 Å². The van der Waals surface area contributed by atoms with Gasteiger partial charge in [-0.3, -0.25) is 0 Å². The van der Waals surface area contributed by atoms with E-state index in [9.17, 15) is 16.8 Å². The molecule has 1 aliphatic rings. The fourth-order valence-corrected chi connectivity index (χ4v) is 7.65. The molecule has 0 amide bonds. The van der Waals surface area contributed by atoms with Crippen molar-refractivity contribution in [3.8, 4) is 0 Å². The predicted molar refractivity (Wildman–Crippen MR) is 95.7 cm³/mol. The van der Waals surface area contributed by atoms with Crippen molar-refractivity contribution in [2.75, 3.05) is 18.8 Å². The second-order valence-corrected chi connectivity index (χ2v) is 11.3. The van der Waals surface area contributed by atoms with Gasteiger partial charge in [0.2, 0.25) is 0 Å². The summed E-state index contributed by atoms with van der Waals surface area (Å²) in [4.78, 5) is 0. The third kappa shape index (κ3) is 3.39. The number of sulfonamides is 1. The van der Waals surface area contributed by atoms with Gasteiger partial charge in [-0.1, -0.05) is 35.9 Å². The summed E-state index contributed by atoms with van der Waals surface area (Å²) < 4.78 is 52.0. The van der Waals surface area contributed by atoms with E-state index >= 15 is 0 Å². The Bertz CT molecular complexity index is 923. The Morgan fingerprint density at radius 1 is 1.12 bits per heavy atom. The number of hydrogen-bond donors (Lipinski definition) is 0. The van der Waals surface area contributed by atoms with Gasteiger partial charge in [-0.05, 0) is 29.5 Å². The molecule has 0 bridgehead atoms. The lowest BCUT2D eigenvalue weighted by Crippen LogP contribution is -2.33. The minimum atomic E-state index is -3.65. The Kier molecular flexibility index (Phi) is 5.04.